The average molecular weight is 453 g/mol. The lowest BCUT2D eigenvalue weighted by Crippen LogP contribution is -2.32. The van der Waals surface area contributed by atoms with Gasteiger partial charge in [-0.1, -0.05) is 85.4 Å². The van der Waals surface area contributed by atoms with Gasteiger partial charge in [0.15, 0.2) is 0 Å². The number of nitrogen functional groups attached to an aromatic ring is 1. The van der Waals surface area contributed by atoms with Gasteiger partial charge in [-0.15, -0.1) is 0 Å². The molecular formula is C32H40N2. The predicted octanol–water partition coefficient (Wildman–Crippen LogP) is 7.81. The fraction of sp³-hybridized carbons (Fsp3) is 0.312. The normalized spacial score (nSPS) is 19.2. The predicted molar refractivity (Wildman–Crippen MR) is 149 cm³/mol. The van der Waals surface area contributed by atoms with Gasteiger partial charge in [0.05, 0.1) is 0 Å². The highest BCUT2D eigenvalue weighted by atomic mass is 14.6. The molecular weight excluding hydrogens is 412 g/mol. The Balaban J connectivity index is 2.34. The third-order valence-electron chi connectivity index (χ3n) is 6.67. The van der Waals surface area contributed by atoms with Gasteiger partial charge in [-0.2, -0.15) is 0 Å². The lowest BCUT2D eigenvalue weighted by molar-refractivity contribution is 0.617. The lowest BCUT2D eigenvalue weighted by Gasteiger charge is -2.39. The summed E-state index contributed by atoms with van der Waals surface area (Å²) in [6.07, 6.45) is 18.0. The number of benzene rings is 2. The van der Waals surface area contributed by atoms with E-state index in [0.29, 0.717) is 5.92 Å². The molecule has 1 aliphatic rings. The van der Waals surface area contributed by atoms with Crippen LogP contribution in [-0.4, -0.2) is 0 Å². The number of hydrogen-bond donors (Lipinski definition) is 2. The molecule has 0 fully saturated rings. The maximum atomic E-state index is 6.25. The van der Waals surface area contributed by atoms with Crippen molar-refractivity contribution in [3.05, 3.63) is 119 Å². The van der Waals surface area contributed by atoms with Gasteiger partial charge < -0.3 is 11.5 Å². The number of hydrogen-bond acceptors (Lipinski definition) is 2. The largest absolute Gasteiger partial charge is 0.405 e. The Labute approximate surface area is 206 Å². The quantitative estimate of drug-likeness (QED) is 0.244. The summed E-state index contributed by atoms with van der Waals surface area (Å²) in [6.45, 7) is 10.8. The van der Waals surface area contributed by atoms with Crippen LogP contribution in [0.1, 0.15) is 62.8 Å². The van der Waals surface area contributed by atoms with Crippen molar-refractivity contribution >= 4 is 11.3 Å². The highest BCUT2D eigenvalue weighted by Gasteiger charge is 2.38. The van der Waals surface area contributed by atoms with E-state index in [1.807, 2.05) is 6.08 Å². The number of rotatable bonds is 8. The Morgan fingerprint density at radius 2 is 1.91 bits per heavy atom. The van der Waals surface area contributed by atoms with Gasteiger partial charge >= 0.3 is 0 Å². The Bertz CT molecular complexity index is 1160. The van der Waals surface area contributed by atoms with Crippen molar-refractivity contribution in [2.45, 2.75) is 59.3 Å². The van der Waals surface area contributed by atoms with E-state index in [4.69, 9.17) is 11.5 Å². The molecule has 34 heavy (non-hydrogen) atoms. The summed E-state index contributed by atoms with van der Waals surface area (Å²) in [5.41, 5.74) is 21.6. The minimum Gasteiger partial charge on any atom is -0.405 e. The summed E-state index contributed by atoms with van der Waals surface area (Å²) in [5, 5.41) is 0. The zero-order valence-corrected chi connectivity index (χ0v) is 21.4. The minimum absolute atomic E-state index is 0.280. The van der Waals surface area contributed by atoms with Crippen LogP contribution < -0.4 is 11.5 Å². The summed E-state index contributed by atoms with van der Waals surface area (Å²) in [5.74, 6) is 0.462. The lowest BCUT2D eigenvalue weighted by atomic mass is 9.64. The van der Waals surface area contributed by atoms with Crippen LogP contribution in [0.5, 0.6) is 0 Å². The Morgan fingerprint density at radius 1 is 1.15 bits per heavy atom. The maximum absolute atomic E-state index is 6.25. The van der Waals surface area contributed by atoms with Gasteiger partial charge in [0.25, 0.3) is 0 Å². The highest BCUT2D eigenvalue weighted by Crippen LogP contribution is 2.47. The zero-order chi connectivity index (χ0) is 24.7. The van der Waals surface area contributed by atoms with Crippen molar-refractivity contribution in [2.75, 3.05) is 5.73 Å². The molecule has 1 aliphatic carbocycles. The van der Waals surface area contributed by atoms with Crippen LogP contribution in [0.3, 0.4) is 0 Å². The van der Waals surface area contributed by atoms with Crippen molar-refractivity contribution in [1.82, 2.24) is 0 Å². The second kappa shape index (κ2) is 11.2. The molecule has 0 saturated heterocycles. The molecule has 0 bridgehead atoms. The molecule has 2 aromatic carbocycles. The topological polar surface area (TPSA) is 52.0 Å². The van der Waals surface area contributed by atoms with Crippen molar-refractivity contribution < 1.29 is 0 Å². The fourth-order valence-electron chi connectivity index (χ4n) is 5.07. The third-order valence-corrected chi connectivity index (χ3v) is 6.67. The third kappa shape index (κ3) is 5.62. The molecule has 0 radical (unpaired) electrons. The molecule has 0 amide bonds. The second-order valence-corrected chi connectivity index (χ2v) is 9.80. The van der Waals surface area contributed by atoms with E-state index in [-0.39, 0.29) is 5.41 Å². The van der Waals surface area contributed by atoms with Crippen LogP contribution in [0.2, 0.25) is 0 Å². The second-order valence-electron chi connectivity index (χ2n) is 9.80. The molecule has 2 heteroatoms. The molecule has 2 nitrogen and oxygen atoms in total. The van der Waals surface area contributed by atoms with Crippen LogP contribution >= 0.6 is 0 Å². The SMILES string of the molecule is C/C=C\[C@@H](C)CC1=CC(/C(C=C(C)C)=C/C/C=C/N)(c2ccc(N)c(C)c2)Cc2ccccc21. The van der Waals surface area contributed by atoms with E-state index in [0.717, 1.165) is 30.5 Å². The first kappa shape index (κ1) is 25.4. The first-order valence-electron chi connectivity index (χ1n) is 12.3. The molecule has 4 N–H and O–H groups in total. The van der Waals surface area contributed by atoms with E-state index in [9.17, 15) is 0 Å². The maximum Gasteiger partial charge on any atom is 0.0425 e. The number of fused-ring (bicyclic) bond motifs is 1. The van der Waals surface area contributed by atoms with Gasteiger partial charge in [0.1, 0.15) is 0 Å². The smallest absolute Gasteiger partial charge is 0.0425 e. The first-order chi connectivity index (χ1) is 16.3. The van der Waals surface area contributed by atoms with E-state index in [1.165, 1.54) is 33.4 Å². The standard InChI is InChI=1S/C32H40N2/c1-6-11-24(4)19-27-22-32(21-26-12-7-8-14-30(26)27,29-15-16-31(34)25(5)20-29)28(18-23(2)3)13-9-10-17-33/h6-8,10-18,20,22,24H,9,19,21,33-34H2,1-5H3/b11-6-,17-10+,28-13+/t24-,32?/m1/s1. The first-order valence-corrected chi connectivity index (χ1v) is 12.3. The van der Waals surface area contributed by atoms with Crippen molar-refractivity contribution in [3.63, 3.8) is 0 Å². The molecule has 1 unspecified atom stereocenters. The molecule has 2 atom stereocenters. The van der Waals surface area contributed by atoms with Gasteiger partial charge in [-0.25, -0.2) is 0 Å². The molecule has 0 saturated carbocycles. The molecule has 0 aliphatic heterocycles. The van der Waals surface area contributed by atoms with Crippen molar-refractivity contribution in [3.8, 4) is 0 Å². The van der Waals surface area contributed by atoms with E-state index in [2.05, 4.69) is 107 Å². The van der Waals surface area contributed by atoms with Gasteiger partial charge in [0, 0.05) is 11.1 Å². The monoisotopic (exact) mass is 452 g/mol. The van der Waals surface area contributed by atoms with E-state index in [1.54, 1.807) is 6.20 Å². The van der Waals surface area contributed by atoms with Crippen LogP contribution in [-0.2, 0) is 11.8 Å². The van der Waals surface area contributed by atoms with Crippen LogP contribution in [0.15, 0.2) is 96.3 Å². The van der Waals surface area contributed by atoms with Crippen LogP contribution in [0.4, 0.5) is 5.69 Å². The van der Waals surface area contributed by atoms with Gasteiger partial charge in [0.2, 0.25) is 0 Å². The number of nitrogens with two attached hydrogens (primary N) is 2. The molecule has 178 valence electrons. The molecule has 3 rings (SSSR count). The van der Waals surface area contributed by atoms with Gasteiger partial charge in [-0.3, -0.25) is 0 Å². The summed E-state index contributed by atoms with van der Waals surface area (Å²) in [6, 6.07) is 15.4. The number of aryl methyl sites for hydroxylation is 1. The Kier molecular flexibility index (Phi) is 8.39. The fourth-order valence-corrected chi connectivity index (χ4v) is 5.07. The Morgan fingerprint density at radius 3 is 2.59 bits per heavy atom. The molecule has 0 spiro atoms. The van der Waals surface area contributed by atoms with Crippen molar-refractivity contribution in [2.24, 2.45) is 11.7 Å². The van der Waals surface area contributed by atoms with Crippen LogP contribution in [0.25, 0.3) is 5.57 Å². The van der Waals surface area contributed by atoms with E-state index >= 15 is 0 Å². The summed E-state index contributed by atoms with van der Waals surface area (Å²) in [7, 11) is 0. The number of anilines is 1. The summed E-state index contributed by atoms with van der Waals surface area (Å²) in [4.78, 5) is 0. The summed E-state index contributed by atoms with van der Waals surface area (Å²) < 4.78 is 0. The van der Waals surface area contributed by atoms with Gasteiger partial charge in [-0.05, 0) is 98.5 Å². The molecule has 0 aromatic heterocycles. The van der Waals surface area contributed by atoms with Crippen molar-refractivity contribution in [1.29, 1.82) is 0 Å². The molecule has 0 heterocycles. The average Bonchev–Trinajstić information content (AvgIpc) is 2.80. The summed E-state index contributed by atoms with van der Waals surface area (Å²) >= 11 is 0. The minimum atomic E-state index is -0.280. The highest BCUT2D eigenvalue weighted by molar-refractivity contribution is 5.75. The zero-order valence-electron chi connectivity index (χ0n) is 21.4. The van der Waals surface area contributed by atoms with Crippen LogP contribution in [0, 0.1) is 12.8 Å². The van der Waals surface area contributed by atoms with E-state index < -0.39 is 0 Å². The Hall–Kier alpha value is -3.26. The number of allylic oxidation sites excluding steroid dienone is 9. The molecule has 2 aromatic rings.